The molecule has 1 heterocycles. The second kappa shape index (κ2) is 4.21. The van der Waals surface area contributed by atoms with Crippen LogP contribution in [-0.4, -0.2) is 16.7 Å². The van der Waals surface area contributed by atoms with Crippen molar-refractivity contribution in [2.45, 2.75) is 25.7 Å². The predicted molar refractivity (Wildman–Crippen MR) is 52.5 cm³/mol. The molecule has 0 amide bonds. The standard InChI is InChI=1S/C10H15N3/c1-3-9(4-1)6-8-11-10-5-2-7-12-13-10/h2,5,7,9H,1,3-4,6,8H2,(H,11,13). The van der Waals surface area contributed by atoms with E-state index in [0.29, 0.717) is 0 Å². The van der Waals surface area contributed by atoms with E-state index in [4.69, 9.17) is 0 Å². The van der Waals surface area contributed by atoms with Crippen molar-refractivity contribution < 1.29 is 0 Å². The molecule has 0 radical (unpaired) electrons. The molecule has 2 rings (SSSR count). The maximum atomic E-state index is 3.96. The fourth-order valence-corrected chi connectivity index (χ4v) is 1.58. The third-order valence-electron chi connectivity index (χ3n) is 2.66. The van der Waals surface area contributed by atoms with Crippen LogP contribution in [0.4, 0.5) is 5.82 Å². The highest BCUT2D eigenvalue weighted by Crippen LogP contribution is 2.28. The summed E-state index contributed by atoms with van der Waals surface area (Å²) in [4.78, 5) is 0. The number of rotatable bonds is 4. The van der Waals surface area contributed by atoms with Gasteiger partial charge in [0.2, 0.25) is 0 Å². The lowest BCUT2D eigenvalue weighted by molar-refractivity contribution is 0.303. The van der Waals surface area contributed by atoms with Gasteiger partial charge in [-0.25, -0.2) is 0 Å². The van der Waals surface area contributed by atoms with Gasteiger partial charge >= 0.3 is 0 Å². The first-order valence-electron chi connectivity index (χ1n) is 4.97. The third-order valence-corrected chi connectivity index (χ3v) is 2.66. The Morgan fingerprint density at radius 2 is 2.38 bits per heavy atom. The molecular weight excluding hydrogens is 162 g/mol. The van der Waals surface area contributed by atoms with Crippen LogP contribution in [0.2, 0.25) is 0 Å². The fourth-order valence-electron chi connectivity index (χ4n) is 1.58. The molecule has 0 spiro atoms. The molecule has 0 unspecified atom stereocenters. The van der Waals surface area contributed by atoms with Crippen LogP contribution in [-0.2, 0) is 0 Å². The topological polar surface area (TPSA) is 37.8 Å². The van der Waals surface area contributed by atoms with Gasteiger partial charge in [0.15, 0.2) is 0 Å². The van der Waals surface area contributed by atoms with Crippen molar-refractivity contribution >= 4 is 5.82 Å². The Balaban J connectivity index is 1.67. The number of anilines is 1. The molecule has 0 saturated heterocycles. The van der Waals surface area contributed by atoms with Gasteiger partial charge in [-0.1, -0.05) is 19.3 Å². The lowest BCUT2D eigenvalue weighted by Gasteiger charge is -2.25. The first-order valence-corrected chi connectivity index (χ1v) is 4.97. The van der Waals surface area contributed by atoms with E-state index in [1.54, 1.807) is 6.20 Å². The highest BCUT2D eigenvalue weighted by Gasteiger charge is 2.16. The van der Waals surface area contributed by atoms with Crippen molar-refractivity contribution in [2.24, 2.45) is 5.92 Å². The molecule has 0 aromatic carbocycles. The number of aromatic nitrogens is 2. The van der Waals surface area contributed by atoms with Crippen LogP contribution in [0, 0.1) is 5.92 Å². The summed E-state index contributed by atoms with van der Waals surface area (Å²) >= 11 is 0. The van der Waals surface area contributed by atoms with Crippen LogP contribution < -0.4 is 5.32 Å². The summed E-state index contributed by atoms with van der Waals surface area (Å²) in [7, 11) is 0. The quantitative estimate of drug-likeness (QED) is 0.765. The van der Waals surface area contributed by atoms with E-state index in [9.17, 15) is 0 Å². The average Bonchev–Trinajstić information content (AvgIpc) is 2.11. The monoisotopic (exact) mass is 177 g/mol. The van der Waals surface area contributed by atoms with Crippen LogP contribution >= 0.6 is 0 Å². The second-order valence-electron chi connectivity index (χ2n) is 3.62. The Kier molecular flexibility index (Phi) is 2.75. The largest absolute Gasteiger partial charge is 0.369 e. The zero-order valence-corrected chi connectivity index (χ0v) is 7.74. The van der Waals surface area contributed by atoms with E-state index in [1.807, 2.05) is 12.1 Å². The molecule has 1 fully saturated rings. The SMILES string of the molecule is c1cnnc(NCCC2CCC2)c1. The summed E-state index contributed by atoms with van der Waals surface area (Å²) in [6, 6.07) is 3.85. The van der Waals surface area contributed by atoms with Crippen LogP contribution in [0.3, 0.4) is 0 Å². The van der Waals surface area contributed by atoms with E-state index < -0.39 is 0 Å². The van der Waals surface area contributed by atoms with E-state index >= 15 is 0 Å². The summed E-state index contributed by atoms with van der Waals surface area (Å²) < 4.78 is 0. The number of nitrogens with one attached hydrogen (secondary N) is 1. The molecule has 1 aliphatic rings. The maximum Gasteiger partial charge on any atom is 0.148 e. The molecule has 1 aliphatic carbocycles. The van der Waals surface area contributed by atoms with Gasteiger partial charge in [-0.3, -0.25) is 0 Å². The summed E-state index contributed by atoms with van der Waals surface area (Å²) in [6.07, 6.45) is 7.23. The molecule has 1 saturated carbocycles. The van der Waals surface area contributed by atoms with Crippen molar-refractivity contribution in [3.8, 4) is 0 Å². The molecule has 0 aliphatic heterocycles. The molecule has 1 aromatic rings. The highest BCUT2D eigenvalue weighted by molar-refractivity contribution is 5.31. The lowest BCUT2D eigenvalue weighted by Crippen LogP contribution is -2.15. The molecule has 70 valence electrons. The minimum atomic E-state index is 0.891. The number of hydrogen-bond donors (Lipinski definition) is 1. The molecular formula is C10H15N3. The molecule has 3 heteroatoms. The predicted octanol–water partition coefficient (Wildman–Crippen LogP) is 2.08. The van der Waals surface area contributed by atoms with Crippen LogP contribution in [0.1, 0.15) is 25.7 Å². The molecule has 0 atom stereocenters. The van der Waals surface area contributed by atoms with Crippen molar-refractivity contribution in [1.82, 2.24) is 10.2 Å². The van der Waals surface area contributed by atoms with Gasteiger partial charge in [-0.2, -0.15) is 5.10 Å². The smallest absolute Gasteiger partial charge is 0.148 e. The van der Waals surface area contributed by atoms with Gasteiger partial charge in [0, 0.05) is 12.7 Å². The first-order chi connectivity index (χ1) is 6.45. The highest BCUT2D eigenvalue weighted by atomic mass is 15.2. The Hall–Kier alpha value is -1.12. The van der Waals surface area contributed by atoms with Gasteiger partial charge in [0.05, 0.1) is 0 Å². The van der Waals surface area contributed by atoms with Gasteiger partial charge in [0.1, 0.15) is 5.82 Å². The van der Waals surface area contributed by atoms with Crippen molar-refractivity contribution in [3.05, 3.63) is 18.3 Å². The zero-order valence-electron chi connectivity index (χ0n) is 7.74. The average molecular weight is 177 g/mol. The Morgan fingerprint density at radius 1 is 1.46 bits per heavy atom. The number of hydrogen-bond acceptors (Lipinski definition) is 3. The minimum absolute atomic E-state index is 0.891. The summed E-state index contributed by atoms with van der Waals surface area (Å²) in [6.45, 7) is 1.03. The lowest BCUT2D eigenvalue weighted by atomic mass is 9.83. The number of nitrogens with zero attached hydrogens (tertiary/aromatic N) is 2. The normalized spacial score (nSPS) is 16.6. The van der Waals surface area contributed by atoms with Gasteiger partial charge in [-0.05, 0) is 24.5 Å². The summed E-state index contributed by atoms with van der Waals surface area (Å²) in [5, 5.41) is 11.0. The third kappa shape index (κ3) is 2.41. The van der Waals surface area contributed by atoms with Crippen molar-refractivity contribution in [1.29, 1.82) is 0 Å². The van der Waals surface area contributed by atoms with Crippen LogP contribution in [0.5, 0.6) is 0 Å². The van der Waals surface area contributed by atoms with E-state index in [-0.39, 0.29) is 0 Å². The van der Waals surface area contributed by atoms with Gasteiger partial charge in [-0.15, -0.1) is 5.10 Å². The maximum absolute atomic E-state index is 3.96. The zero-order chi connectivity index (χ0) is 8.93. The molecule has 13 heavy (non-hydrogen) atoms. The van der Waals surface area contributed by atoms with Crippen molar-refractivity contribution in [2.75, 3.05) is 11.9 Å². The minimum Gasteiger partial charge on any atom is -0.369 e. The molecule has 0 bridgehead atoms. The van der Waals surface area contributed by atoms with E-state index in [2.05, 4.69) is 15.5 Å². The van der Waals surface area contributed by atoms with Gasteiger partial charge < -0.3 is 5.32 Å². The summed E-state index contributed by atoms with van der Waals surface area (Å²) in [5.74, 6) is 1.85. The summed E-state index contributed by atoms with van der Waals surface area (Å²) in [5.41, 5.74) is 0. The van der Waals surface area contributed by atoms with E-state index in [1.165, 1.54) is 25.7 Å². The van der Waals surface area contributed by atoms with Crippen LogP contribution in [0.25, 0.3) is 0 Å². The molecule has 3 nitrogen and oxygen atoms in total. The van der Waals surface area contributed by atoms with Crippen LogP contribution in [0.15, 0.2) is 18.3 Å². The Morgan fingerprint density at radius 3 is 3.00 bits per heavy atom. The Labute approximate surface area is 78.6 Å². The van der Waals surface area contributed by atoms with Crippen molar-refractivity contribution in [3.63, 3.8) is 0 Å². The second-order valence-corrected chi connectivity index (χ2v) is 3.62. The Bertz CT molecular complexity index is 244. The molecule has 1 N–H and O–H groups in total. The molecule has 1 aromatic heterocycles. The first kappa shape index (κ1) is 8.48. The fraction of sp³-hybridized carbons (Fsp3) is 0.600. The van der Waals surface area contributed by atoms with Gasteiger partial charge in [0.25, 0.3) is 0 Å². The van der Waals surface area contributed by atoms with E-state index in [0.717, 1.165) is 18.3 Å².